The first kappa shape index (κ1) is 28.2. The maximum Gasteiger partial charge on any atom is 0.407 e. The smallest absolute Gasteiger partial charge is 0.407 e. The number of guanidine groups is 1. The number of pyridine rings is 1. The van der Waals surface area contributed by atoms with Crippen LogP contribution in [0.2, 0.25) is 0 Å². The fourth-order valence-corrected chi connectivity index (χ4v) is 2.67. The van der Waals surface area contributed by atoms with Gasteiger partial charge in [-0.05, 0) is 38.7 Å². The van der Waals surface area contributed by atoms with E-state index in [0.29, 0.717) is 12.4 Å². The molecule has 1 unspecified atom stereocenters. The van der Waals surface area contributed by atoms with Gasteiger partial charge in [-0.15, -0.1) is 24.0 Å². The molecule has 1 aromatic rings. The number of ether oxygens (including phenoxy) is 2. The minimum absolute atomic E-state index is 0. The lowest BCUT2D eigenvalue weighted by Crippen LogP contribution is -2.45. The second-order valence-corrected chi connectivity index (χ2v) is 8.32. The monoisotopic (exact) mass is 535 g/mol. The van der Waals surface area contributed by atoms with E-state index in [1.54, 1.807) is 20.4 Å². The highest BCUT2D eigenvalue weighted by atomic mass is 127. The molecular weight excluding hydrogens is 497 g/mol. The number of carbonyl (C=O) groups is 1. The zero-order chi connectivity index (χ0) is 22.0. The number of hydrogen-bond acceptors (Lipinski definition) is 5. The topological polar surface area (TPSA) is 88.1 Å². The fraction of sp³-hybridized carbons (Fsp3) is 0.667. The van der Waals surface area contributed by atoms with Gasteiger partial charge in [0.15, 0.2) is 5.96 Å². The van der Waals surface area contributed by atoms with E-state index in [0.717, 1.165) is 24.5 Å². The van der Waals surface area contributed by atoms with Crippen LogP contribution in [0, 0.1) is 5.92 Å². The molecule has 1 amide bonds. The van der Waals surface area contributed by atoms with Crippen molar-refractivity contribution in [3.05, 3.63) is 23.9 Å². The Kier molecular flexibility index (Phi) is 12.7. The first-order valence-electron chi connectivity index (χ1n) is 9.96. The van der Waals surface area contributed by atoms with Crippen molar-refractivity contribution in [3.8, 4) is 5.88 Å². The van der Waals surface area contributed by atoms with Crippen molar-refractivity contribution < 1.29 is 14.3 Å². The summed E-state index contributed by atoms with van der Waals surface area (Å²) < 4.78 is 10.5. The van der Waals surface area contributed by atoms with Crippen LogP contribution < -0.4 is 15.4 Å². The van der Waals surface area contributed by atoms with Gasteiger partial charge in [-0.1, -0.05) is 19.9 Å². The van der Waals surface area contributed by atoms with Crippen LogP contribution in [-0.4, -0.2) is 61.3 Å². The molecule has 0 spiro atoms. The van der Waals surface area contributed by atoms with Crippen molar-refractivity contribution in [2.45, 2.75) is 59.2 Å². The number of amides is 1. The standard InChI is InChI=1S/C21H37N5O3.HI/c1-15(2)17(25-20(27)29-21(3,4)5)11-12-26(7)19(22-6)24-14-16-9-10-18(28-8)23-13-16;/h9-10,13,15,17H,11-12,14H2,1-8H3,(H,22,24)(H,25,27);1H. The Labute approximate surface area is 198 Å². The van der Waals surface area contributed by atoms with Gasteiger partial charge in [0, 0.05) is 45.5 Å². The molecule has 0 bridgehead atoms. The van der Waals surface area contributed by atoms with Crippen molar-refractivity contribution in [2.75, 3.05) is 27.7 Å². The maximum absolute atomic E-state index is 12.1. The molecule has 1 heterocycles. The van der Waals surface area contributed by atoms with Crippen molar-refractivity contribution in [1.82, 2.24) is 20.5 Å². The number of carbonyl (C=O) groups excluding carboxylic acids is 1. The number of aromatic nitrogens is 1. The molecule has 1 rings (SSSR count). The molecular formula is C21H38IN5O3. The largest absolute Gasteiger partial charge is 0.481 e. The molecule has 0 saturated heterocycles. The summed E-state index contributed by atoms with van der Waals surface area (Å²) in [4.78, 5) is 22.7. The number of alkyl carbamates (subject to hydrolysis) is 1. The van der Waals surface area contributed by atoms with Gasteiger partial charge in [0.05, 0.1) is 7.11 Å². The number of aliphatic imine (C=N–C) groups is 1. The zero-order valence-corrected chi connectivity index (χ0v) is 21.8. The van der Waals surface area contributed by atoms with Crippen LogP contribution in [-0.2, 0) is 11.3 Å². The Morgan fingerprint density at radius 2 is 1.97 bits per heavy atom. The highest BCUT2D eigenvalue weighted by Gasteiger charge is 2.22. The van der Waals surface area contributed by atoms with E-state index in [1.807, 2.05) is 44.9 Å². The first-order chi connectivity index (χ1) is 13.6. The van der Waals surface area contributed by atoms with Gasteiger partial charge in [0.2, 0.25) is 5.88 Å². The average molecular weight is 535 g/mol. The quantitative estimate of drug-likeness (QED) is 0.300. The van der Waals surface area contributed by atoms with Crippen LogP contribution in [0.5, 0.6) is 5.88 Å². The number of nitrogens with one attached hydrogen (secondary N) is 2. The van der Waals surface area contributed by atoms with Crippen LogP contribution in [0.3, 0.4) is 0 Å². The Bertz CT molecular complexity index is 660. The van der Waals surface area contributed by atoms with Crippen molar-refractivity contribution >= 4 is 36.0 Å². The molecule has 0 aliphatic carbocycles. The normalized spacial score (nSPS) is 12.6. The maximum atomic E-state index is 12.1. The molecule has 172 valence electrons. The predicted octanol–water partition coefficient (Wildman–Crippen LogP) is 3.65. The van der Waals surface area contributed by atoms with Gasteiger partial charge in [0.1, 0.15) is 5.60 Å². The Balaban J connectivity index is 0.00000841. The summed E-state index contributed by atoms with van der Waals surface area (Å²) in [5.74, 6) is 1.66. The Hall–Kier alpha value is -1.78. The molecule has 1 aromatic heterocycles. The van der Waals surface area contributed by atoms with Crippen LogP contribution in [0.4, 0.5) is 4.79 Å². The molecule has 30 heavy (non-hydrogen) atoms. The van der Waals surface area contributed by atoms with Crippen molar-refractivity contribution in [1.29, 1.82) is 0 Å². The van der Waals surface area contributed by atoms with Crippen molar-refractivity contribution in [2.24, 2.45) is 10.9 Å². The van der Waals surface area contributed by atoms with E-state index < -0.39 is 5.60 Å². The third-order valence-electron chi connectivity index (χ3n) is 4.31. The van der Waals surface area contributed by atoms with Gasteiger partial charge in [-0.25, -0.2) is 9.78 Å². The lowest BCUT2D eigenvalue weighted by molar-refractivity contribution is 0.0486. The second kappa shape index (κ2) is 13.5. The van der Waals surface area contributed by atoms with Crippen molar-refractivity contribution in [3.63, 3.8) is 0 Å². The molecule has 1 atom stereocenters. The van der Waals surface area contributed by atoms with E-state index in [2.05, 4.69) is 34.5 Å². The molecule has 0 saturated carbocycles. The second-order valence-electron chi connectivity index (χ2n) is 8.32. The lowest BCUT2D eigenvalue weighted by Gasteiger charge is -2.28. The third-order valence-corrected chi connectivity index (χ3v) is 4.31. The van der Waals surface area contributed by atoms with Crippen LogP contribution >= 0.6 is 24.0 Å². The van der Waals surface area contributed by atoms with E-state index in [4.69, 9.17) is 9.47 Å². The first-order valence-corrected chi connectivity index (χ1v) is 9.96. The summed E-state index contributed by atoms with van der Waals surface area (Å²) >= 11 is 0. The number of rotatable bonds is 8. The number of halogens is 1. The Morgan fingerprint density at radius 3 is 2.43 bits per heavy atom. The average Bonchev–Trinajstić information content (AvgIpc) is 2.64. The van der Waals surface area contributed by atoms with Gasteiger partial charge < -0.3 is 25.0 Å². The SMILES string of the molecule is CN=C(NCc1ccc(OC)nc1)N(C)CCC(NC(=O)OC(C)(C)C)C(C)C.I. The van der Waals surface area contributed by atoms with E-state index in [1.165, 1.54) is 0 Å². The summed E-state index contributed by atoms with van der Waals surface area (Å²) in [5, 5.41) is 6.32. The summed E-state index contributed by atoms with van der Waals surface area (Å²) in [6.45, 7) is 11.1. The minimum Gasteiger partial charge on any atom is -0.481 e. The van der Waals surface area contributed by atoms with E-state index in [-0.39, 0.29) is 42.0 Å². The van der Waals surface area contributed by atoms with Gasteiger partial charge in [-0.2, -0.15) is 0 Å². The minimum atomic E-state index is -0.509. The Morgan fingerprint density at radius 1 is 1.30 bits per heavy atom. The van der Waals surface area contributed by atoms with Gasteiger partial charge >= 0.3 is 6.09 Å². The summed E-state index contributed by atoms with van der Waals surface area (Å²) in [6.07, 6.45) is 2.17. The molecule has 0 fully saturated rings. The zero-order valence-electron chi connectivity index (χ0n) is 19.5. The summed E-state index contributed by atoms with van der Waals surface area (Å²) in [6, 6.07) is 3.81. The fourth-order valence-electron chi connectivity index (χ4n) is 2.67. The van der Waals surface area contributed by atoms with Crippen LogP contribution in [0.1, 0.15) is 46.6 Å². The number of hydrogen-bond donors (Lipinski definition) is 2. The molecule has 0 aliphatic rings. The highest BCUT2D eigenvalue weighted by molar-refractivity contribution is 14.0. The molecule has 8 nitrogen and oxygen atoms in total. The number of methoxy groups -OCH3 is 1. The highest BCUT2D eigenvalue weighted by Crippen LogP contribution is 2.11. The van der Waals surface area contributed by atoms with E-state index in [9.17, 15) is 4.79 Å². The molecule has 9 heteroatoms. The molecule has 0 aromatic carbocycles. The van der Waals surface area contributed by atoms with E-state index >= 15 is 0 Å². The summed E-state index contributed by atoms with van der Waals surface area (Å²) in [7, 11) is 5.33. The third kappa shape index (κ3) is 10.8. The molecule has 0 radical (unpaired) electrons. The van der Waals surface area contributed by atoms with Crippen LogP contribution in [0.25, 0.3) is 0 Å². The van der Waals surface area contributed by atoms with Gasteiger partial charge in [-0.3, -0.25) is 4.99 Å². The molecule has 0 aliphatic heterocycles. The van der Waals surface area contributed by atoms with Gasteiger partial charge in [0.25, 0.3) is 0 Å². The molecule has 2 N–H and O–H groups in total. The predicted molar refractivity (Wildman–Crippen MR) is 132 cm³/mol. The lowest BCUT2D eigenvalue weighted by atomic mass is 10.0. The number of nitrogens with zero attached hydrogens (tertiary/aromatic N) is 3. The summed E-state index contributed by atoms with van der Waals surface area (Å²) in [5.41, 5.74) is 0.525. The van der Waals surface area contributed by atoms with Crippen LogP contribution in [0.15, 0.2) is 23.3 Å².